The fourth-order valence-electron chi connectivity index (χ4n) is 3.59. The summed E-state index contributed by atoms with van der Waals surface area (Å²) >= 11 is 0. The van der Waals surface area contributed by atoms with Gasteiger partial charge in [0, 0.05) is 36.4 Å². The number of carbonyl (C=O) groups is 1. The molecule has 8 heteroatoms. The normalized spacial score (nSPS) is 19.3. The quantitative estimate of drug-likeness (QED) is 0.637. The third-order valence-electron chi connectivity index (χ3n) is 4.84. The van der Waals surface area contributed by atoms with Crippen molar-refractivity contribution in [2.45, 2.75) is 32.1 Å². The lowest BCUT2D eigenvalue weighted by Crippen LogP contribution is -2.44. The van der Waals surface area contributed by atoms with Crippen molar-refractivity contribution in [1.29, 1.82) is 0 Å². The van der Waals surface area contributed by atoms with Crippen LogP contribution in [0, 0.1) is 0 Å². The van der Waals surface area contributed by atoms with Crippen LogP contribution in [0.1, 0.15) is 35.6 Å². The van der Waals surface area contributed by atoms with Crippen LogP contribution in [-0.4, -0.2) is 33.7 Å². The number of methoxy groups -OCH3 is 1. The maximum Gasteiger partial charge on any atom is 0.272 e. The van der Waals surface area contributed by atoms with Crippen molar-refractivity contribution in [3.8, 4) is 5.75 Å². The third-order valence-corrected chi connectivity index (χ3v) is 4.84. The molecule has 0 bridgehead atoms. The van der Waals surface area contributed by atoms with Gasteiger partial charge in [-0.3, -0.25) is 9.78 Å². The highest BCUT2D eigenvalue weighted by atomic mass is 16.5. The summed E-state index contributed by atoms with van der Waals surface area (Å²) < 4.78 is 7.77. The SMILES string of the molecule is CCn1c(C2CC(NC(=O)c3cnccn3)NN2)cc2c(OC)cccc21. The number of nitrogens with one attached hydrogen (secondary N) is 3. The highest BCUT2D eigenvalue weighted by Crippen LogP contribution is 2.33. The van der Waals surface area contributed by atoms with Gasteiger partial charge in [0.05, 0.1) is 31.0 Å². The van der Waals surface area contributed by atoms with Gasteiger partial charge in [0.1, 0.15) is 11.4 Å². The number of aryl methyl sites for hydroxylation is 1. The molecule has 1 fully saturated rings. The number of hydrogen-bond acceptors (Lipinski definition) is 6. The largest absolute Gasteiger partial charge is 0.496 e. The minimum absolute atomic E-state index is 0.0641. The minimum atomic E-state index is -0.249. The second-order valence-electron chi connectivity index (χ2n) is 6.40. The summed E-state index contributed by atoms with van der Waals surface area (Å²) in [6.07, 6.45) is 5.02. The Bertz CT molecular complexity index is 955. The van der Waals surface area contributed by atoms with Crippen LogP contribution >= 0.6 is 0 Å². The molecule has 2 unspecified atom stereocenters. The Hall–Kier alpha value is -2.97. The zero-order valence-corrected chi connectivity index (χ0v) is 15.3. The van der Waals surface area contributed by atoms with E-state index in [4.69, 9.17) is 4.74 Å². The molecule has 4 rings (SSSR count). The summed E-state index contributed by atoms with van der Waals surface area (Å²) in [5.41, 5.74) is 9.04. The number of fused-ring (bicyclic) bond motifs is 1. The predicted molar refractivity (Wildman–Crippen MR) is 101 cm³/mol. The van der Waals surface area contributed by atoms with Gasteiger partial charge in [0.2, 0.25) is 0 Å². The summed E-state index contributed by atoms with van der Waals surface area (Å²) in [5, 5.41) is 4.03. The fourth-order valence-corrected chi connectivity index (χ4v) is 3.59. The number of carbonyl (C=O) groups excluding carboxylic acids is 1. The van der Waals surface area contributed by atoms with Gasteiger partial charge in [-0.25, -0.2) is 15.8 Å². The standard InChI is InChI=1S/C19H22N6O2/c1-3-25-15-5-4-6-17(27-2)12(15)9-16(25)13-10-18(24-23-13)22-19(26)14-11-20-7-8-21-14/h4-9,11,13,18,23-24H,3,10H2,1-2H3,(H,22,26). The van der Waals surface area contributed by atoms with E-state index < -0.39 is 0 Å². The molecule has 1 saturated heterocycles. The van der Waals surface area contributed by atoms with Gasteiger partial charge in [-0.1, -0.05) is 6.07 Å². The minimum Gasteiger partial charge on any atom is -0.496 e. The molecular formula is C19H22N6O2. The smallest absolute Gasteiger partial charge is 0.272 e. The lowest BCUT2D eigenvalue weighted by Gasteiger charge is -2.14. The van der Waals surface area contributed by atoms with Crippen LogP contribution in [0.5, 0.6) is 5.75 Å². The molecule has 1 amide bonds. The van der Waals surface area contributed by atoms with Gasteiger partial charge in [-0.2, -0.15) is 0 Å². The highest BCUT2D eigenvalue weighted by Gasteiger charge is 2.29. The van der Waals surface area contributed by atoms with E-state index in [0.29, 0.717) is 12.1 Å². The van der Waals surface area contributed by atoms with Crippen LogP contribution < -0.4 is 20.9 Å². The molecule has 0 spiro atoms. The summed E-state index contributed by atoms with van der Waals surface area (Å²) in [4.78, 5) is 20.3. The highest BCUT2D eigenvalue weighted by molar-refractivity contribution is 5.92. The molecule has 8 nitrogen and oxygen atoms in total. The molecule has 2 atom stereocenters. The van der Waals surface area contributed by atoms with Gasteiger partial charge >= 0.3 is 0 Å². The summed E-state index contributed by atoms with van der Waals surface area (Å²) in [7, 11) is 1.69. The molecule has 0 saturated carbocycles. The summed E-state index contributed by atoms with van der Waals surface area (Å²) in [6.45, 7) is 2.97. The number of benzene rings is 1. The maximum atomic E-state index is 12.3. The number of rotatable bonds is 5. The Labute approximate surface area is 156 Å². The van der Waals surface area contributed by atoms with E-state index in [1.165, 1.54) is 12.4 Å². The summed E-state index contributed by atoms with van der Waals surface area (Å²) in [6, 6.07) is 8.29. The predicted octanol–water partition coefficient (Wildman–Crippen LogP) is 1.75. The van der Waals surface area contributed by atoms with Gasteiger partial charge in [0.25, 0.3) is 5.91 Å². The second-order valence-corrected chi connectivity index (χ2v) is 6.40. The monoisotopic (exact) mass is 366 g/mol. The van der Waals surface area contributed by atoms with E-state index in [1.54, 1.807) is 13.3 Å². The van der Waals surface area contributed by atoms with Crippen LogP contribution in [0.25, 0.3) is 10.9 Å². The molecular weight excluding hydrogens is 344 g/mol. The first-order valence-electron chi connectivity index (χ1n) is 8.95. The lowest BCUT2D eigenvalue weighted by atomic mass is 10.1. The fraction of sp³-hybridized carbons (Fsp3) is 0.316. The Morgan fingerprint density at radius 2 is 2.26 bits per heavy atom. The Kier molecular flexibility index (Phi) is 4.74. The van der Waals surface area contributed by atoms with E-state index in [-0.39, 0.29) is 18.1 Å². The van der Waals surface area contributed by atoms with Gasteiger partial charge in [-0.05, 0) is 25.1 Å². The van der Waals surface area contributed by atoms with Gasteiger partial charge < -0.3 is 14.6 Å². The van der Waals surface area contributed by atoms with Crippen LogP contribution in [0.15, 0.2) is 42.9 Å². The number of aromatic nitrogens is 3. The Balaban J connectivity index is 1.54. The molecule has 27 heavy (non-hydrogen) atoms. The average molecular weight is 366 g/mol. The number of nitrogens with zero attached hydrogens (tertiary/aromatic N) is 3. The first-order valence-corrected chi connectivity index (χ1v) is 8.95. The van der Waals surface area contributed by atoms with Crippen LogP contribution in [-0.2, 0) is 6.54 Å². The summed E-state index contributed by atoms with van der Waals surface area (Å²) in [5.74, 6) is 0.611. The Morgan fingerprint density at radius 3 is 3.00 bits per heavy atom. The van der Waals surface area contributed by atoms with Crippen molar-refractivity contribution in [2.75, 3.05) is 7.11 Å². The maximum absolute atomic E-state index is 12.3. The third kappa shape index (κ3) is 3.24. The van der Waals surface area contributed by atoms with Crippen molar-refractivity contribution >= 4 is 16.8 Å². The number of ether oxygens (including phenoxy) is 1. The van der Waals surface area contributed by atoms with Gasteiger partial charge in [0.15, 0.2) is 0 Å². The van der Waals surface area contributed by atoms with E-state index in [9.17, 15) is 4.79 Å². The number of amides is 1. The first kappa shape index (κ1) is 17.4. The van der Waals surface area contributed by atoms with Crippen molar-refractivity contribution in [1.82, 2.24) is 30.7 Å². The topological polar surface area (TPSA) is 93.1 Å². The zero-order valence-electron chi connectivity index (χ0n) is 15.3. The molecule has 2 aromatic heterocycles. The van der Waals surface area contributed by atoms with E-state index in [0.717, 1.165) is 28.9 Å². The molecule has 1 aliphatic heterocycles. The molecule has 0 radical (unpaired) electrons. The van der Waals surface area contributed by atoms with Crippen LogP contribution in [0.4, 0.5) is 0 Å². The molecule has 1 aliphatic rings. The number of hydrogen-bond donors (Lipinski definition) is 3. The van der Waals surface area contributed by atoms with Crippen molar-refractivity contribution in [2.24, 2.45) is 0 Å². The van der Waals surface area contributed by atoms with Crippen LogP contribution in [0.3, 0.4) is 0 Å². The average Bonchev–Trinajstić information content (AvgIpc) is 3.32. The van der Waals surface area contributed by atoms with E-state index >= 15 is 0 Å². The molecule has 1 aromatic carbocycles. The molecule has 3 N–H and O–H groups in total. The number of hydrazine groups is 1. The second kappa shape index (κ2) is 7.34. The van der Waals surface area contributed by atoms with Crippen molar-refractivity contribution in [3.63, 3.8) is 0 Å². The molecule has 3 aromatic rings. The van der Waals surface area contributed by atoms with E-state index in [1.807, 2.05) is 12.1 Å². The molecule has 0 aliphatic carbocycles. The van der Waals surface area contributed by atoms with Crippen molar-refractivity contribution < 1.29 is 9.53 Å². The Morgan fingerprint density at radius 1 is 1.37 bits per heavy atom. The first-order chi connectivity index (χ1) is 13.2. The lowest BCUT2D eigenvalue weighted by molar-refractivity contribution is 0.0927. The molecule has 3 heterocycles. The van der Waals surface area contributed by atoms with Crippen LogP contribution in [0.2, 0.25) is 0 Å². The van der Waals surface area contributed by atoms with Gasteiger partial charge in [-0.15, -0.1) is 0 Å². The van der Waals surface area contributed by atoms with E-state index in [2.05, 4.69) is 49.8 Å². The van der Waals surface area contributed by atoms with Crippen molar-refractivity contribution in [3.05, 3.63) is 54.2 Å². The molecule has 140 valence electrons. The zero-order chi connectivity index (χ0) is 18.8.